The third-order valence-electron chi connectivity index (χ3n) is 5.41. The Balaban J connectivity index is 1.62. The lowest BCUT2D eigenvalue weighted by atomic mass is 9.81. The number of carbonyl (C=O) groups excluding carboxylic acids is 2. The average molecular weight is 411 g/mol. The Morgan fingerprint density at radius 2 is 1.97 bits per heavy atom. The highest BCUT2D eigenvalue weighted by Gasteiger charge is 2.55. The molecule has 0 radical (unpaired) electrons. The number of nitrogens with zero attached hydrogens (tertiary/aromatic N) is 1. The van der Waals surface area contributed by atoms with Crippen molar-refractivity contribution in [3.63, 3.8) is 0 Å². The van der Waals surface area contributed by atoms with Gasteiger partial charge in [0.05, 0.1) is 12.5 Å². The molecule has 2 aromatic rings. The van der Waals surface area contributed by atoms with Crippen molar-refractivity contribution < 1.29 is 14.3 Å². The minimum absolute atomic E-state index is 0.0360. The topological polar surface area (TPSA) is 58.6 Å². The zero-order valence-corrected chi connectivity index (χ0v) is 16.8. The molecule has 0 aromatic heterocycles. The number of rotatable bonds is 6. The van der Waals surface area contributed by atoms with Crippen LogP contribution in [0.1, 0.15) is 24.8 Å². The van der Waals surface area contributed by atoms with Gasteiger partial charge in [0.2, 0.25) is 5.91 Å². The smallest absolute Gasteiger partial charge is 0.251 e. The van der Waals surface area contributed by atoms with Gasteiger partial charge in [-0.1, -0.05) is 48.0 Å². The van der Waals surface area contributed by atoms with Crippen LogP contribution in [0, 0.1) is 0 Å². The summed E-state index contributed by atoms with van der Waals surface area (Å²) in [5.74, 6) is -0.299. The molecule has 2 heterocycles. The molecule has 2 aliphatic heterocycles. The summed E-state index contributed by atoms with van der Waals surface area (Å²) < 4.78 is 5.61. The molecule has 0 aliphatic carbocycles. The Labute approximate surface area is 175 Å². The van der Waals surface area contributed by atoms with Gasteiger partial charge < -0.3 is 10.1 Å². The fourth-order valence-electron chi connectivity index (χ4n) is 3.84. The number of nitrogens with one attached hydrogen (secondary N) is 1. The van der Waals surface area contributed by atoms with Gasteiger partial charge >= 0.3 is 0 Å². The van der Waals surface area contributed by atoms with Gasteiger partial charge in [-0.2, -0.15) is 0 Å². The summed E-state index contributed by atoms with van der Waals surface area (Å²) in [5.41, 5.74) is 0.546. The summed E-state index contributed by atoms with van der Waals surface area (Å²) in [6, 6.07) is 16.7. The summed E-state index contributed by atoms with van der Waals surface area (Å²) in [5, 5.41) is 3.58. The van der Waals surface area contributed by atoms with Crippen molar-refractivity contribution in [3.05, 3.63) is 71.3 Å². The van der Waals surface area contributed by atoms with Crippen molar-refractivity contribution in [2.24, 2.45) is 0 Å². The molecule has 0 spiro atoms. The van der Waals surface area contributed by atoms with Gasteiger partial charge in [-0.3, -0.25) is 14.5 Å². The maximum Gasteiger partial charge on any atom is 0.251 e. The van der Waals surface area contributed by atoms with E-state index in [1.807, 2.05) is 42.5 Å². The molecule has 4 rings (SSSR count). The van der Waals surface area contributed by atoms with E-state index in [1.54, 1.807) is 29.2 Å². The molecular weight excluding hydrogens is 388 g/mol. The van der Waals surface area contributed by atoms with E-state index in [1.165, 1.54) is 0 Å². The number of ether oxygens (including phenoxy) is 1. The van der Waals surface area contributed by atoms with Crippen LogP contribution in [0.2, 0.25) is 5.02 Å². The Hall–Kier alpha value is -2.63. The zero-order chi connectivity index (χ0) is 20.3. The fourth-order valence-corrected chi connectivity index (χ4v) is 3.96. The number of halogens is 1. The Kier molecular flexibility index (Phi) is 5.69. The van der Waals surface area contributed by atoms with E-state index in [2.05, 4.69) is 5.32 Å². The monoisotopic (exact) mass is 410 g/mol. The van der Waals surface area contributed by atoms with Gasteiger partial charge in [0.1, 0.15) is 0 Å². The summed E-state index contributed by atoms with van der Waals surface area (Å²) in [7, 11) is 0. The first-order valence-corrected chi connectivity index (χ1v) is 10.2. The Morgan fingerprint density at radius 1 is 1.21 bits per heavy atom. The molecule has 0 bridgehead atoms. The van der Waals surface area contributed by atoms with Crippen molar-refractivity contribution >= 4 is 35.2 Å². The van der Waals surface area contributed by atoms with Crippen LogP contribution >= 0.6 is 11.6 Å². The predicted octanol–water partition coefficient (Wildman–Crippen LogP) is 3.82. The van der Waals surface area contributed by atoms with E-state index < -0.39 is 5.54 Å². The molecule has 0 saturated carbocycles. The number of hydrogen-bond donors (Lipinski definition) is 1. The Bertz CT molecular complexity index is 907. The van der Waals surface area contributed by atoms with Gasteiger partial charge in [-0.15, -0.1) is 0 Å². The number of β-lactam (4-membered cyclic amide) rings is 1. The SMILES string of the molecule is O=C1C[C@](/C=C/c2ccccc2)(C(=O)NC[C@@H]2CCCO2)N1c1ccc(Cl)cc1. The van der Waals surface area contributed by atoms with E-state index in [0.717, 1.165) is 25.0 Å². The molecule has 5 nitrogen and oxygen atoms in total. The second-order valence-corrected chi connectivity index (χ2v) is 7.83. The molecular formula is C23H23ClN2O3. The van der Waals surface area contributed by atoms with Crippen LogP contribution in [-0.2, 0) is 14.3 Å². The Morgan fingerprint density at radius 3 is 2.62 bits per heavy atom. The van der Waals surface area contributed by atoms with Crippen LogP contribution in [0.4, 0.5) is 5.69 Å². The molecule has 2 aliphatic rings. The maximum absolute atomic E-state index is 13.3. The lowest BCUT2D eigenvalue weighted by molar-refractivity contribution is -0.137. The van der Waals surface area contributed by atoms with Crippen LogP contribution in [0.5, 0.6) is 0 Å². The largest absolute Gasteiger partial charge is 0.376 e. The first-order valence-electron chi connectivity index (χ1n) is 9.81. The molecule has 6 heteroatoms. The van der Waals surface area contributed by atoms with Gasteiger partial charge in [-0.05, 0) is 48.7 Å². The average Bonchev–Trinajstić information content (AvgIpc) is 3.25. The van der Waals surface area contributed by atoms with Crippen LogP contribution in [-0.4, -0.2) is 36.6 Å². The second kappa shape index (κ2) is 8.39. The van der Waals surface area contributed by atoms with Crippen LogP contribution in [0.3, 0.4) is 0 Å². The van der Waals surface area contributed by atoms with E-state index >= 15 is 0 Å². The highest BCUT2D eigenvalue weighted by atomic mass is 35.5. The molecule has 2 atom stereocenters. The normalized spacial score (nSPS) is 24.0. The zero-order valence-electron chi connectivity index (χ0n) is 16.0. The van der Waals surface area contributed by atoms with Crippen molar-refractivity contribution in [1.29, 1.82) is 0 Å². The fraction of sp³-hybridized carbons (Fsp3) is 0.304. The van der Waals surface area contributed by atoms with Crippen molar-refractivity contribution in [2.75, 3.05) is 18.1 Å². The van der Waals surface area contributed by atoms with Crippen molar-refractivity contribution in [2.45, 2.75) is 30.9 Å². The molecule has 1 N–H and O–H groups in total. The third-order valence-corrected chi connectivity index (χ3v) is 5.66. The number of benzene rings is 2. The molecule has 2 amide bonds. The summed E-state index contributed by atoms with van der Waals surface area (Å²) in [6.45, 7) is 1.18. The molecule has 29 heavy (non-hydrogen) atoms. The molecule has 2 aromatic carbocycles. The van der Waals surface area contributed by atoms with E-state index in [4.69, 9.17) is 16.3 Å². The molecule has 2 fully saturated rings. The predicted molar refractivity (Wildman–Crippen MR) is 114 cm³/mol. The number of anilines is 1. The number of carbonyl (C=O) groups is 2. The van der Waals surface area contributed by atoms with Crippen LogP contribution < -0.4 is 10.2 Å². The first kappa shape index (κ1) is 19.7. The highest BCUT2D eigenvalue weighted by Crippen LogP contribution is 2.39. The quantitative estimate of drug-likeness (QED) is 0.736. The minimum atomic E-state index is -1.07. The van der Waals surface area contributed by atoms with Crippen LogP contribution in [0.15, 0.2) is 60.7 Å². The summed E-state index contributed by atoms with van der Waals surface area (Å²) in [4.78, 5) is 27.4. The van der Waals surface area contributed by atoms with Gasteiger partial charge in [-0.25, -0.2) is 0 Å². The second-order valence-electron chi connectivity index (χ2n) is 7.40. The van der Waals surface area contributed by atoms with Gasteiger partial charge in [0.15, 0.2) is 5.54 Å². The molecule has 0 unspecified atom stereocenters. The first-order chi connectivity index (χ1) is 14.1. The van der Waals surface area contributed by atoms with Crippen molar-refractivity contribution in [3.8, 4) is 0 Å². The van der Waals surface area contributed by atoms with Crippen molar-refractivity contribution in [1.82, 2.24) is 5.32 Å². The van der Waals surface area contributed by atoms with E-state index in [0.29, 0.717) is 17.3 Å². The van der Waals surface area contributed by atoms with E-state index in [-0.39, 0.29) is 24.3 Å². The summed E-state index contributed by atoms with van der Waals surface area (Å²) >= 11 is 6.00. The highest BCUT2D eigenvalue weighted by molar-refractivity contribution is 6.30. The number of amides is 2. The minimum Gasteiger partial charge on any atom is -0.376 e. The third kappa shape index (κ3) is 4.07. The standard InChI is InChI=1S/C23H23ClN2O3/c24-18-8-10-19(11-9-18)26-21(27)15-23(26,13-12-17-5-2-1-3-6-17)22(28)25-16-20-7-4-14-29-20/h1-3,5-6,8-13,20H,4,7,14-16H2,(H,25,28)/b13-12+/t20-,23+/m0/s1. The maximum atomic E-state index is 13.3. The van der Waals surface area contributed by atoms with Gasteiger partial charge in [0.25, 0.3) is 5.91 Å². The summed E-state index contributed by atoms with van der Waals surface area (Å²) in [6.07, 6.45) is 5.82. The lowest BCUT2D eigenvalue weighted by Gasteiger charge is -2.48. The van der Waals surface area contributed by atoms with E-state index in [9.17, 15) is 9.59 Å². The molecule has 2 saturated heterocycles. The lowest BCUT2D eigenvalue weighted by Crippen LogP contribution is -2.70. The number of hydrogen-bond acceptors (Lipinski definition) is 3. The van der Waals surface area contributed by atoms with Gasteiger partial charge in [0, 0.05) is 23.9 Å². The van der Waals surface area contributed by atoms with Crippen LogP contribution in [0.25, 0.3) is 6.08 Å². The molecule has 150 valence electrons.